The highest BCUT2D eigenvalue weighted by atomic mass is 35.5. The first-order chi connectivity index (χ1) is 10.5. The molecule has 2 N–H and O–H groups in total. The molecule has 114 valence electrons. The van der Waals surface area contributed by atoms with E-state index in [0.717, 1.165) is 5.56 Å². The topological polar surface area (TPSA) is 70.9 Å². The predicted molar refractivity (Wildman–Crippen MR) is 85.4 cm³/mol. The highest BCUT2D eigenvalue weighted by Gasteiger charge is 2.03. The van der Waals surface area contributed by atoms with E-state index in [9.17, 15) is 9.90 Å². The van der Waals surface area contributed by atoms with Gasteiger partial charge >= 0.3 is 0 Å². The van der Waals surface area contributed by atoms with Crippen molar-refractivity contribution in [2.75, 3.05) is 6.61 Å². The van der Waals surface area contributed by atoms with Crippen LogP contribution in [0.1, 0.15) is 12.5 Å². The largest absolute Gasteiger partial charge is 0.508 e. The van der Waals surface area contributed by atoms with Crippen LogP contribution < -0.4 is 10.2 Å². The molecule has 0 spiro atoms. The van der Waals surface area contributed by atoms with Gasteiger partial charge in [-0.3, -0.25) is 4.79 Å². The van der Waals surface area contributed by atoms with Gasteiger partial charge in [0.1, 0.15) is 11.5 Å². The Balaban J connectivity index is 1.85. The Morgan fingerprint density at radius 3 is 2.45 bits per heavy atom. The van der Waals surface area contributed by atoms with E-state index in [2.05, 4.69) is 10.5 Å². The van der Waals surface area contributed by atoms with E-state index in [1.165, 1.54) is 0 Å². The zero-order valence-electron chi connectivity index (χ0n) is 11.9. The van der Waals surface area contributed by atoms with E-state index in [4.69, 9.17) is 16.3 Å². The van der Waals surface area contributed by atoms with Gasteiger partial charge in [-0.15, -0.1) is 0 Å². The molecule has 0 radical (unpaired) electrons. The van der Waals surface area contributed by atoms with Gasteiger partial charge < -0.3 is 9.84 Å². The van der Waals surface area contributed by atoms with E-state index in [1.54, 1.807) is 55.5 Å². The Kier molecular flexibility index (Phi) is 5.38. The number of rotatable bonds is 5. The average molecular weight is 319 g/mol. The third-order valence-corrected chi connectivity index (χ3v) is 3.07. The number of carbonyl (C=O) groups is 1. The minimum Gasteiger partial charge on any atom is -0.508 e. The van der Waals surface area contributed by atoms with Crippen LogP contribution in [0.25, 0.3) is 0 Å². The maximum absolute atomic E-state index is 11.7. The van der Waals surface area contributed by atoms with Crippen molar-refractivity contribution in [1.82, 2.24) is 5.43 Å². The minimum absolute atomic E-state index is 0.145. The minimum atomic E-state index is -0.368. The van der Waals surface area contributed by atoms with E-state index in [0.29, 0.717) is 16.5 Å². The summed E-state index contributed by atoms with van der Waals surface area (Å²) in [5.41, 5.74) is 3.84. The van der Waals surface area contributed by atoms with Crippen LogP contribution in [0.5, 0.6) is 11.5 Å². The van der Waals surface area contributed by atoms with Crippen molar-refractivity contribution in [3.05, 3.63) is 59.1 Å². The highest BCUT2D eigenvalue weighted by Crippen LogP contribution is 2.15. The molecule has 22 heavy (non-hydrogen) atoms. The molecule has 0 bridgehead atoms. The first-order valence-electron chi connectivity index (χ1n) is 6.55. The maximum Gasteiger partial charge on any atom is 0.277 e. The summed E-state index contributed by atoms with van der Waals surface area (Å²) in [6.45, 7) is 1.61. The van der Waals surface area contributed by atoms with E-state index >= 15 is 0 Å². The lowest BCUT2D eigenvalue weighted by atomic mass is 10.1. The molecule has 0 aliphatic carbocycles. The maximum atomic E-state index is 11.7. The fraction of sp³-hybridized carbons (Fsp3) is 0.125. The normalized spacial score (nSPS) is 11.1. The summed E-state index contributed by atoms with van der Waals surface area (Å²) >= 11 is 5.76. The number of halogens is 1. The summed E-state index contributed by atoms with van der Waals surface area (Å²) in [5.74, 6) is 0.365. The molecule has 2 rings (SSSR count). The summed E-state index contributed by atoms with van der Waals surface area (Å²) in [7, 11) is 0. The van der Waals surface area contributed by atoms with Crippen molar-refractivity contribution >= 4 is 23.2 Å². The Hall–Kier alpha value is -2.53. The molecule has 0 atom stereocenters. The van der Waals surface area contributed by atoms with Gasteiger partial charge in [0.05, 0.1) is 5.71 Å². The Bertz CT molecular complexity index is 667. The van der Waals surface area contributed by atoms with Gasteiger partial charge in [-0.1, -0.05) is 11.6 Å². The van der Waals surface area contributed by atoms with Crippen LogP contribution in [0.2, 0.25) is 5.02 Å². The fourth-order valence-corrected chi connectivity index (χ4v) is 1.75. The molecule has 5 nitrogen and oxygen atoms in total. The number of nitrogens with one attached hydrogen (secondary N) is 1. The van der Waals surface area contributed by atoms with Gasteiger partial charge in [0.15, 0.2) is 6.61 Å². The molecule has 0 unspecified atom stereocenters. The number of phenolic OH excluding ortho intramolecular Hbond substituents is 1. The van der Waals surface area contributed by atoms with Crippen LogP contribution in [0.3, 0.4) is 0 Å². The van der Waals surface area contributed by atoms with Gasteiger partial charge in [0, 0.05) is 5.02 Å². The Labute approximate surface area is 133 Å². The van der Waals surface area contributed by atoms with Crippen LogP contribution in [-0.2, 0) is 4.79 Å². The number of benzene rings is 2. The van der Waals surface area contributed by atoms with Gasteiger partial charge in [-0.2, -0.15) is 5.10 Å². The van der Waals surface area contributed by atoms with Crippen molar-refractivity contribution in [3.63, 3.8) is 0 Å². The molecule has 2 aromatic carbocycles. The predicted octanol–water partition coefficient (Wildman–Crippen LogP) is 2.96. The smallest absolute Gasteiger partial charge is 0.277 e. The van der Waals surface area contributed by atoms with Gasteiger partial charge in [-0.25, -0.2) is 5.43 Å². The molecule has 0 aliphatic heterocycles. The lowest BCUT2D eigenvalue weighted by Gasteiger charge is -2.06. The molecule has 2 aromatic rings. The van der Waals surface area contributed by atoms with Crippen molar-refractivity contribution in [3.8, 4) is 11.5 Å². The van der Waals surface area contributed by atoms with E-state index < -0.39 is 0 Å². The summed E-state index contributed by atoms with van der Waals surface area (Å²) < 4.78 is 5.30. The number of phenols is 1. The number of carbonyl (C=O) groups excluding carboxylic acids is 1. The fourth-order valence-electron chi connectivity index (χ4n) is 1.63. The number of ether oxygens (including phenoxy) is 1. The molecule has 0 aliphatic rings. The van der Waals surface area contributed by atoms with E-state index in [1.807, 2.05) is 0 Å². The molecule has 0 fully saturated rings. The van der Waals surface area contributed by atoms with Crippen LogP contribution in [-0.4, -0.2) is 23.3 Å². The zero-order chi connectivity index (χ0) is 15.9. The van der Waals surface area contributed by atoms with Crippen LogP contribution in [0, 0.1) is 0 Å². The zero-order valence-corrected chi connectivity index (χ0v) is 12.7. The summed E-state index contributed by atoms with van der Waals surface area (Å²) in [5, 5.41) is 13.8. The van der Waals surface area contributed by atoms with Gasteiger partial charge in [0.25, 0.3) is 5.91 Å². The van der Waals surface area contributed by atoms with Crippen molar-refractivity contribution in [2.24, 2.45) is 5.10 Å². The Morgan fingerprint density at radius 2 is 1.82 bits per heavy atom. The van der Waals surface area contributed by atoms with E-state index in [-0.39, 0.29) is 18.3 Å². The SMILES string of the molecule is CC(=NNC(=O)COc1ccc(Cl)cc1)c1ccc(O)cc1. The quantitative estimate of drug-likeness (QED) is 0.657. The highest BCUT2D eigenvalue weighted by molar-refractivity contribution is 6.30. The number of hydrogen-bond acceptors (Lipinski definition) is 4. The second kappa shape index (κ2) is 7.47. The van der Waals surface area contributed by atoms with Gasteiger partial charge in [0.2, 0.25) is 0 Å². The number of nitrogens with zero attached hydrogens (tertiary/aromatic N) is 1. The third kappa shape index (κ3) is 4.79. The molecule has 0 heterocycles. The lowest BCUT2D eigenvalue weighted by Crippen LogP contribution is -2.25. The number of hydrazone groups is 1. The molecule has 0 saturated heterocycles. The second-order valence-electron chi connectivity index (χ2n) is 4.52. The first-order valence-corrected chi connectivity index (χ1v) is 6.93. The molecular weight excluding hydrogens is 304 g/mol. The first kappa shape index (κ1) is 15.9. The van der Waals surface area contributed by atoms with Crippen LogP contribution >= 0.6 is 11.6 Å². The monoisotopic (exact) mass is 318 g/mol. The standard InChI is InChI=1S/C16H15ClN2O3/c1-11(12-2-6-14(20)7-3-12)18-19-16(21)10-22-15-8-4-13(17)5-9-15/h2-9,20H,10H2,1H3,(H,19,21). The molecule has 0 aromatic heterocycles. The summed E-state index contributed by atoms with van der Waals surface area (Å²) in [6, 6.07) is 13.3. The van der Waals surface area contributed by atoms with Crippen molar-refractivity contribution in [1.29, 1.82) is 0 Å². The second-order valence-corrected chi connectivity index (χ2v) is 4.96. The number of aromatic hydroxyl groups is 1. The van der Waals surface area contributed by atoms with Gasteiger partial charge in [-0.05, 0) is 61.0 Å². The van der Waals surface area contributed by atoms with Crippen LogP contribution in [0.4, 0.5) is 0 Å². The average Bonchev–Trinajstić information content (AvgIpc) is 2.52. The third-order valence-electron chi connectivity index (χ3n) is 2.82. The molecule has 6 heteroatoms. The van der Waals surface area contributed by atoms with Crippen molar-refractivity contribution in [2.45, 2.75) is 6.92 Å². The lowest BCUT2D eigenvalue weighted by molar-refractivity contribution is -0.123. The molecule has 0 saturated carbocycles. The summed E-state index contributed by atoms with van der Waals surface area (Å²) in [4.78, 5) is 11.7. The molecule has 1 amide bonds. The molecular formula is C16H15ClN2O3. The van der Waals surface area contributed by atoms with Crippen LogP contribution in [0.15, 0.2) is 53.6 Å². The summed E-state index contributed by atoms with van der Waals surface area (Å²) in [6.07, 6.45) is 0. The Morgan fingerprint density at radius 1 is 1.18 bits per heavy atom. The number of amides is 1. The van der Waals surface area contributed by atoms with Crippen molar-refractivity contribution < 1.29 is 14.6 Å². The number of hydrogen-bond donors (Lipinski definition) is 2.